The van der Waals surface area contributed by atoms with Gasteiger partial charge in [-0.05, 0) is 17.5 Å². The number of anilines is 2. The molecule has 3 aromatic rings. The third-order valence-electron chi connectivity index (χ3n) is 4.44. The molecule has 0 aromatic carbocycles. The van der Waals surface area contributed by atoms with Gasteiger partial charge in [-0.25, -0.2) is 14.6 Å². The van der Waals surface area contributed by atoms with Crippen molar-refractivity contribution in [2.24, 2.45) is 0 Å². The number of piperazine rings is 1. The Balaban J connectivity index is 1.28. The fraction of sp³-hybridized carbons (Fsp3) is 0.333. The van der Waals surface area contributed by atoms with E-state index in [4.69, 9.17) is 0 Å². The maximum atomic E-state index is 12.5. The lowest BCUT2D eigenvalue weighted by Gasteiger charge is -2.34. The van der Waals surface area contributed by atoms with Crippen molar-refractivity contribution in [3.05, 3.63) is 53.1 Å². The first-order chi connectivity index (χ1) is 13.3. The highest BCUT2D eigenvalue weighted by Crippen LogP contribution is 2.14. The zero-order chi connectivity index (χ0) is 18.5. The smallest absolute Gasteiger partial charge is 0.239 e. The maximum absolute atomic E-state index is 12.5. The first kappa shape index (κ1) is 17.6. The van der Waals surface area contributed by atoms with Crippen LogP contribution in [-0.4, -0.2) is 63.3 Å². The van der Waals surface area contributed by atoms with Gasteiger partial charge in [-0.15, -0.1) is 11.3 Å². The van der Waals surface area contributed by atoms with Crippen molar-refractivity contribution >= 4 is 29.0 Å². The van der Waals surface area contributed by atoms with E-state index < -0.39 is 0 Å². The average molecular weight is 383 g/mol. The predicted molar refractivity (Wildman–Crippen MR) is 105 cm³/mol. The maximum Gasteiger partial charge on any atom is 0.239 e. The van der Waals surface area contributed by atoms with Crippen LogP contribution in [0.25, 0.3) is 0 Å². The number of carbonyl (C=O) groups is 1. The van der Waals surface area contributed by atoms with Crippen molar-refractivity contribution in [1.29, 1.82) is 0 Å². The third kappa shape index (κ3) is 4.50. The first-order valence-electron chi connectivity index (χ1n) is 8.86. The summed E-state index contributed by atoms with van der Waals surface area (Å²) in [4.78, 5) is 26.5. The lowest BCUT2D eigenvalue weighted by molar-refractivity contribution is -0.117. The number of aromatic nitrogens is 4. The molecule has 3 aromatic heterocycles. The van der Waals surface area contributed by atoms with Crippen molar-refractivity contribution in [2.75, 3.05) is 42.9 Å². The lowest BCUT2D eigenvalue weighted by Crippen LogP contribution is -2.49. The minimum absolute atomic E-state index is 0.0210. The molecule has 1 fully saturated rings. The Morgan fingerprint density at radius 1 is 1.07 bits per heavy atom. The second-order valence-electron chi connectivity index (χ2n) is 6.31. The topological polar surface area (TPSA) is 79.2 Å². The Morgan fingerprint density at radius 3 is 2.63 bits per heavy atom. The Kier molecular flexibility index (Phi) is 5.40. The number of amides is 1. The Morgan fingerprint density at radius 2 is 1.89 bits per heavy atom. The molecular formula is C18H21N7OS. The van der Waals surface area contributed by atoms with Crippen molar-refractivity contribution in [2.45, 2.75) is 6.54 Å². The Labute approximate surface area is 161 Å². The summed E-state index contributed by atoms with van der Waals surface area (Å²) in [6.07, 6.45) is 5.21. The van der Waals surface area contributed by atoms with Crippen LogP contribution in [0.3, 0.4) is 0 Å². The highest BCUT2D eigenvalue weighted by Gasteiger charge is 2.21. The van der Waals surface area contributed by atoms with E-state index in [9.17, 15) is 4.79 Å². The summed E-state index contributed by atoms with van der Waals surface area (Å²) < 4.78 is 1.81. The number of nitrogens with one attached hydrogen (secondary N) is 1. The van der Waals surface area contributed by atoms with Gasteiger partial charge in [0, 0.05) is 49.5 Å². The second kappa shape index (κ2) is 8.28. The fourth-order valence-corrected chi connectivity index (χ4v) is 3.75. The van der Waals surface area contributed by atoms with Crippen molar-refractivity contribution in [1.82, 2.24) is 24.6 Å². The third-order valence-corrected chi connectivity index (χ3v) is 5.31. The standard InChI is InChI=1S/C18H21N7OS/c26-17(22-16-4-7-21-25(16)13-15-3-1-12-27-15)14-23-8-10-24(11-9-23)18-19-5-2-6-20-18/h1-7,12H,8-11,13-14H2,(H,22,26). The van der Waals surface area contributed by atoms with Gasteiger partial charge < -0.3 is 10.2 Å². The van der Waals surface area contributed by atoms with Gasteiger partial charge in [0.15, 0.2) is 0 Å². The molecule has 0 atom stereocenters. The van der Waals surface area contributed by atoms with Crippen LogP contribution in [-0.2, 0) is 11.3 Å². The van der Waals surface area contributed by atoms with Gasteiger partial charge in [-0.1, -0.05) is 6.07 Å². The molecule has 4 rings (SSSR count). The van der Waals surface area contributed by atoms with E-state index in [0.29, 0.717) is 13.1 Å². The molecule has 0 unspecified atom stereocenters. The van der Waals surface area contributed by atoms with E-state index in [2.05, 4.69) is 36.2 Å². The van der Waals surface area contributed by atoms with Gasteiger partial charge in [0.2, 0.25) is 11.9 Å². The number of hydrogen-bond acceptors (Lipinski definition) is 7. The largest absolute Gasteiger partial charge is 0.338 e. The fourth-order valence-electron chi connectivity index (χ4n) is 3.06. The molecule has 1 N–H and O–H groups in total. The van der Waals surface area contributed by atoms with E-state index >= 15 is 0 Å². The molecule has 0 radical (unpaired) electrons. The molecule has 4 heterocycles. The van der Waals surface area contributed by atoms with Gasteiger partial charge in [0.25, 0.3) is 0 Å². The molecule has 1 saturated heterocycles. The van der Waals surface area contributed by atoms with E-state index in [1.165, 1.54) is 4.88 Å². The Bertz CT molecular complexity index is 857. The summed E-state index contributed by atoms with van der Waals surface area (Å²) in [5.74, 6) is 1.45. The second-order valence-corrected chi connectivity index (χ2v) is 7.35. The molecule has 8 nitrogen and oxygen atoms in total. The summed E-state index contributed by atoms with van der Waals surface area (Å²) in [6, 6.07) is 7.72. The van der Waals surface area contributed by atoms with Gasteiger partial charge in [-0.3, -0.25) is 9.69 Å². The molecular weight excluding hydrogens is 362 g/mol. The summed E-state index contributed by atoms with van der Waals surface area (Å²) in [7, 11) is 0. The zero-order valence-corrected chi connectivity index (χ0v) is 15.7. The van der Waals surface area contributed by atoms with Crippen LogP contribution in [0.15, 0.2) is 48.2 Å². The van der Waals surface area contributed by atoms with Gasteiger partial charge in [-0.2, -0.15) is 5.10 Å². The molecule has 0 spiro atoms. The molecule has 0 aliphatic carbocycles. The molecule has 0 bridgehead atoms. The summed E-state index contributed by atoms with van der Waals surface area (Å²) in [6.45, 7) is 4.27. The Hall–Kier alpha value is -2.78. The molecule has 140 valence electrons. The highest BCUT2D eigenvalue weighted by molar-refractivity contribution is 7.09. The van der Waals surface area contributed by atoms with Crippen molar-refractivity contribution in [3.8, 4) is 0 Å². The van der Waals surface area contributed by atoms with E-state index in [1.54, 1.807) is 29.9 Å². The highest BCUT2D eigenvalue weighted by atomic mass is 32.1. The molecule has 1 aliphatic rings. The number of rotatable bonds is 6. The number of nitrogens with zero attached hydrogens (tertiary/aromatic N) is 6. The van der Waals surface area contributed by atoms with Crippen LogP contribution < -0.4 is 10.2 Å². The van der Waals surface area contributed by atoms with Crippen LogP contribution in [0.5, 0.6) is 0 Å². The normalized spacial score (nSPS) is 15.0. The molecule has 0 saturated carbocycles. The molecule has 1 aliphatic heterocycles. The van der Waals surface area contributed by atoms with E-state index in [1.807, 2.05) is 28.3 Å². The average Bonchev–Trinajstić information content (AvgIpc) is 3.36. The molecule has 9 heteroatoms. The number of thiophene rings is 1. The molecule has 27 heavy (non-hydrogen) atoms. The van der Waals surface area contributed by atoms with E-state index in [-0.39, 0.29) is 5.91 Å². The predicted octanol–water partition coefficient (Wildman–Crippen LogP) is 1.54. The van der Waals surface area contributed by atoms with Crippen LogP contribution in [0, 0.1) is 0 Å². The molecule has 1 amide bonds. The van der Waals surface area contributed by atoms with Gasteiger partial charge >= 0.3 is 0 Å². The SMILES string of the molecule is O=C(CN1CCN(c2ncccn2)CC1)Nc1ccnn1Cc1cccs1. The quantitative estimate of drug-likeness (QED) is 0.696. The van der Waals surface area contributed by atoms with E-state index in [0.717, 1.165) is 37.9 Å². The van der Waals surface area contributed by atoms with Crippen molar-refractivity contribution in [3.63, 3.8) is 0 Å². The minimum atomic E-state index is -0.0210. The summed E-state index contributed by atoms with van der Waals surface area (Å²) in [5, 5.41) is 9.33. The van der Waals surface area contributed by atoms with Gasteiger partial charge in [0.1, 0.15) is 5.82 Å². The van der Waals surface area contributed by atoms with Crippen molar-refractivity contribution < 1.29 is 4.79 Å². The summed E-state index contributed by atoms with van der Waals surface area (Å²) in [5.41, 5.74) is 0. The monoisotopic (exact) mass is 383 g/mol. The summed E-state index contributed by atoms with van der Waals surface area (Å²) >= 11 is 1.68. The van der Waals surface area contributed by atoms with Crippen LogP contribution in [0.4, 0.5) is 11.8 Å². The first-order valence-corrected chi connectivity index (χ1v) is 9.74. The zero-order valence-electron chi connectivity index (χ0n) is 14.9. The van der Waals surface area contributed by atoms with Gasteiger partial charge in [0.05, 0.1) is 19.3 Å². The number of carbonyl (C=O) groups excluding carboxylic acids is 1. The lowest BCUT2D eigenvalue weighted by atomic mass is 10.3. The number of hydrogen-bond donors (Lipinski definition) is 1. The van der Waals surface area contributed by atoms with Crippen LogP contribution in [0.1, 0.15) is 4.88 Å². The minimum Gasteiger partial charge on any atom is -0.338 e. The van der Waals surface area contributed by atoms with Crippen LogP contribution in [0.2, 0.25) is 0 Å². The van der Waals surface area contributed by atoms with Crippen LogP contribution >= 0.6 is 11.3 Å².